The Labute approximate surface area is 189 Å². The highest BCUT2D eigenvalue weighted by molar-refractivity contribution is 7.16. The number of tetrazole rings is 1. The molecule has 3 rings (SSSR count). The predicted octanol–water partition coefficient (Wildman–Crippen LogP) is 3.11. The Morgan fingerprint density at radius 3 is 2.56 bits per heavy atom. The summed E-state index contributed by atoms with van der Waals surface area (Å²) in [7, 11) is 3.09. The highest BCUT2D eigenvalue weighted by Crippen LogP contribution is 2.34. The quantitative estimate of drug-likeness (QED) is 0.485. The predicted molar refractivity (Wildman–Crippen MR) is 119 cm³/mol. The molecule has 0 spiro atoms. The maximum absolute atomic E-state index is 12.6. The standard InChI is InChI=1S/C21H25N5O5S/c1-6-14-12(3)32-20(18(14)21(28)31-7-2)22-17(27)11-26-24-19(23-25-26)13-8-9-15(29-4)16(10-13)30-5/h8-10H,6-7,11H2,1-5H3,(H,22,27). The lowest BCUT2D eigenvalue weighted by Gasteiger charge is -2.08. The Balaban J connectivity index is 1.76. The summed E-state index contributed by atoms with van der Waals surface area (Å²) in [6, 6.07) is 5.24. The van der Waals surface area contributed by atoms with E-state index in [-0.39, 0.29) is 19.1 Å². The molecule has 170 valence electrons. The van der Waals surface area contributed by atoms with Crippen LogP contribution in [0.15, 0.2) is 18.2 Å². The number of benzene rings is 1. The first-order chi connectivity index (χ1) is 15.4. The Hall–Kier alpha value is -3.47. The fourth-order valence-electron chi connectivity index (χ4n) is 3.21. The number of thiophene rings is 1. The smallest absolute Gasteiger partial charge is 0.341 e. The number of methoxy groups -OCH3 is 2. The molecular weight excluding hydrogens is 434 g/mol. The third-order valence-corrected chi connectivity index (χ3v) is 5.74. The van der Waals surface area contributed by atoms with Crippen molar-refractivity contribution in [1.29, 1.82) is 0 Å². The van der Waals surface area contributed by atoms with Crippen LogP contribution >= 0.6 is 11.3 Å². The van der Waals surface area contributed by atoms with Crippen LogP contribution in [0, 0.1) is 6.92 Å². The van der Waals surface area contributed by atoms with Gasteiger partial charge in [-0.2, -0.15) is 4.80 Å². The van der Waals surface area contributed by atoms with Crippen LogP contribution in [0.2, 0.25) is 0 Å². The maximum atomic E-state index is 12.6. The Morgan fingerprint density at radius 2 is 1.91 bits per heavy atom. The van der Waals surface area contributed by atoms with Gasteiger partial charge in [-0.3, -0.25) is 4.79 Å². The van der Waals surface area contributed by atoms with Gasteiger partial charge < -0.3 is 19.5 Å². The summed E-state index contributed by atoms with van der Waals surface area (Å²) in [6.07, 6.45) is 0.658. The molecule has 2 heterocycles. The van der Waals surface area contributed by atoms with Gasteiger partial charge in [0.2, 0.25) is 11.7 Å². The highest BCUT2D eigenvalue weighted by Gasteiger charge is 2.23. The average molecular weight is 460 g/mol. The van der Waals surface area contributed by atoms with Gasteiger partial charge in [-0.25, -0.2) is 4.79 Å². The molecule has 0 aliphatic carbocycles. The first-order valence-electron chi connectivity index (χ1n) is 10.0. The number of aryl methyl sites for hydroxylation is 1. The van der Waals surface area contributed by atoms with E-state index < -0.39 is 5.97 Å². The van der Waals surface area contributed by atoms with Crippen LogP contribution in [-0.4, -0.2) is 52.9 Å². The van der Waals surface area contributed by atoms with Crippen molar-refractivity contribution in [2.75, 3.05) is 26.1 Å². The van der Waals surface area contributed by atoms with Crippen molar-refractivity contribution in [3.63, 3.8) is 0 Å². The van der Waals surface area contributed by atoms with Crippen LogP contribution in [0.1, 0.15) is 34.6 Å². The minimum Gasteiger partial charge on any atom is -0.493 e. The number of hydrogen-bond donors (Lipinski definition) is 1. The molecule has 10 nitrogen and oxygen atoms in total. The molecule has 0 fully saturated rings. The van der Waals surface area contributed by atoms with Gasteiger partial charge in [0.05, 0.1) is 26.4 Å². The molecule has 2 aromatic heterocycles. The number of nitrogens with one attached hydrogen (secondary N) is 1. The lowest BCUT2D eigenvalue weighted by atomic mass is 10.1. The van der Waals surface area contributed by atoms with E-state index >= 15 is 0 Å². The van der Waals surface area contributed by atoms with Crippen LogP contribution in [0.3, 0.4) is 0 Å². The van der Waals surface area contributed by atoms with E-state index in [9.17, 15) is 9.59 Å². The monoisotopic (exact) mass is 459 g/mol. The van der Waals surface area contributed by atoms with Gasteiger partial charge in [-0.15, -0.1) is 21.5 Å². The fourth-order valence-corrected chi connectivity index (χ4v) is 4.36. The van der Waals surface area contributed by atoms with Crippen molar-refractivity contribution in [2.24, 2.45) is 0 Å². The Kier molecular flexibility index (Phi) is 7.41. The molecule has 1 aromatic carbocycles. The maximum Gasteiger partial charge on any atom is 0.341 e. The lowest BCUT2D eigenvalue weighted by Crippen LogP contribution is -2.21. The van der Waals surface area contributed by atoms with Crippen molar-refractivity contribution in [1.82, 2.24) is 20.2 Å². The average Bonchev–Trinajstić information content (AvgIpc) is 3.36. The molecular formula is C21H25N5O5S. The van der Waals surface area contributed by atoms with Gasteiger partial charge in [-0.1, -0.05) is 6.92 Å². The molecule has 0 aliphatic heterocycles. The number of ether oxygens (including phenoxy) is 3. The summed E-state index contributed by atoms with van der Waals surface area (Å²) in [5.74, 6) is 0.629. The number of aromatic nitrogens is 4. The molecule has 1 N–H and O–H groups in total. The van der Waals surface area contributed by atoms with E-state index in [2.05, 4.69) is 20.7 Å². The number of rotatable bonds is 9. The first-order valence-corrected chi connectivity index (χ1v) is 10.8. The molecule has 11 heteroatoms. The van der Waals surface area contributed by atoms with Crippen LogP contribution in [0.5, 0.6) is 11.5 Å². The second-order valence-electron chi connectivity index (χ2n) is 6.68. The molecule has 0 bridgehead atoms. The molecule has 0 radical (unpaired) electrons. The van der Waals surface area contributed by atoms with E-state index in [0.717, 1.165) is 10.4 Å². The van der Waals surface area contributed by atoms with Gasteiger partial charge in [0.1, 0.15) is 11.5 Å². The fraction of sp³-hybridized carbons (Fsp3) is 0.381. The largest absolute Gasteiger partial charge is 0.493 e. The Morgan fingerprint density at radius 1 is 1.16 bits per heavy atom. The minimum atomic E-state index is -0.446. The van der Waals surface area contributed by atoms with Gasteiger partial charge in [0.15, 0.2) is 11.5 Å². The highest BCUT2D eigenvalue weighted by atomic mass is 32.1. The number of anilines is 1. The normalized spacial score (nSPS) is 10.7. The molecule has 0 aliphatic rings. The zero-order valence-electron chi connectivity index (χ0n) is 18.6. The van der Waals surface area contributed by atoms with E-state index in [4.69, 9.17) is 14.2 Å². The van der Waals surface area contributed by atoms with Crippen molar-refractivity contribution >= 4 is 28.2 Å². The van der Waals surface area contributed by atoms with Crippen molar-refractivity contribution in [3.8, 4) is 22.9 Å². The Bertz CT molecular complexity index is 1120. The summed E-state index contributed by atoms with van der Waals surface area (Å²) in [5, 5.41) is 15.5. The zero-order chi connectivity index (χ0) is 23.3. The topological polar surface area (TPSA) is 117 Å². The number of amides is 1. The third kappa shape index (κ3) is 4.88. The number of carbonyl (C=O) groups excluding carboxylic acids is 2. The van der Waals surface area contributed by atoms with Crippen molar-refractivity contribution < 1.29 is 23.8 Å². The van der Waals surface area contributed by atoms with Crippen LogP contribution in [0.4, 0.5) is 5.00 Å². The number of hydrogen-bond acceptors (Lipinski definition) is 9. The molecule has 0 saturated heterocycles. The van der Waals surface area contributed by atoms with E-state index in [1.54, 1.807) is 32.2 Å². The minimum absolute atomic E-state index is 0.166. The van der Waals surface area contributed by atoms with Crippen LogP contribution < -0.4 is 14.8 Å². The molecule has 3 aromatic rings. The SMILES string of the molecule is CCOC(=O)c1c(NC(=O)Cn2nnc(-c3ccc(OC)c(OC)c3)n2)sc(C)c1CC. The van der Waals surface area contributed by atoms with E-state index in [0.29, 0.717) is 39.9 Å². The molecule has 32 heavy (non-hydrogen) atoms. The number of carbonyl (C=O) groups is 2. The van der Waals surface area contributed by atoms with Crippen molar-refractivity contribution in [3.05, 3.63) is 34.2 Å². The summed E-state index contributed by atoms with van der Waals surface area (Å²) < 4.78 is 15.7. The lowest BCUT2D eigenvalue weighted by molar-refractivity contribution is -0.117. The number of esters is 1. The summed E-state index contributed by atoms with van der Waals surface area (Å²) in [5.41, 5.74) is 1.95. The zero-order valence-corrected chi connectivity index (χ0v) is 19.4. The van der Waals surface area contributed by atoms with Gasteiger partial charge in [-0.05, 0) is 49.2 Å². The van der Waals surface area contributed by atoms with Gasteiger partial charge in [0.25, 0.3) is 0 Å². The van der Waals surface area contributed by atoms with Gasteiger partial charge in [0, 0.05) is 10.4 Å². The van der Waals surface area contributed by atoms with Gasteiger partial charge >= 0.3 is 5.97 Å². The van der Waals surface area contributed by atoms with Crippen LogP contribution in [-0.2, 0) is 22.5 Å². The summed E-state index contributed by atoms with van der Waals surface area (Å²) in [6.45, 7) is 5.70. The summed E-state index contributed by atoms with van der Waals surface area (Å²) in [4.78, 5) is 27.2. The molecule has 1 amide bonds. The summed E-state index contributed by atoms with van der Waals surface area (Å²) >= 11 is 1.34. The van der Waals surface area contributed by atoms with E-state index in [1.807, 2.05) is 13.8 Å². The second kappa shape index (κ2) is 10.2. The second-order valence-corrected chi connectivity index (χ2v) is 7.90. The molecule has 0 atom stereocenters. The van der Waals surface area contributed by atoms with Crippen LogP contribution in [0.25, 0.3) is 11.4 Å². The molecule has 0 saturated carbocycles. The van der Waals surface area contributed by atoms with Crippen molar-refractivity contribution in [2.45, 2.75) is 33.7 Å². The van der Waals surface area contributed by atoms with E-state index in [1.165, 1.54) is 23.2 Å². The number of nitrogens with zero attached hydrogens (tertiary/aromatic N) is 4. The molecule has 0 unspecified atom stereocenters. The third-order valence-electron chi connectivity index (χ3n) is 4.67. The first kappa shape index (κ1) is 23.2.